The lowest BCUT2D eigenvalue weighted by atomic mass is 10.1. The molecule has 32 heavy (non-hydrogen) atoms. The molecule has 0 unspecified atom stereocenters. The van der Waals surface area contributed by atoms with Crippen molar-refractivity contribution in [2.24, 2.45) is 0 Å². The predicted octanol–water partition coefficient (Wildman–Crippen LogP) is 4.68. The third-order valence-corrected chi connectivity index (χ3v) is 5.26. The molecular formula is C23H24N6O3. The number of aryl methyl sites for hydroxylation is 1. The monoisotopic (exact) mass is 432 g/mol. The van der Waals surface area contributed by atoms with Crippen molar-refractivity contribution in [3.8, 4) is 0 Å². The van der Waals surface area contributed by atoms with E-state index in [1.54, 1.807) is 12.1 Å². The normalized spacial score (nSPS) is 13.5. The van der Waals surface area contributed by atoms with Crippen molar-refractivity contribution in [3.05, 3.63) is 76.1 Å². The second-order valence-electron chi connectivity index (χ2n) is 7.67. The van der Waals surface area contributed by atoms with Gasteiger partial charge in [0.2, 0.25) is 0 Å². The zero-order valence-electron chi connectivity index (χ0n) is 17.7. The maximum Gasteiger partial charge on any atom is 0.269 e. The number of nitro groups is 1. The van der Waals surface area contributed by atoms with Crippen molar-refractivity contribution in [3.63, 3.8) is 0 Å². The molecule has 1 aromatic heterocycles. The first-order chi connectivity index (χ1) is 15.5. The van der Waals surface area contributed by atoms with Crippen molar-refractivity contribution in [2.45, 2.75) is 26.2 Å². The van der Waals surface area contributed by atoms with Gasteiger partial charge in [0.1, 0.15) is 17.5 Å². The lowest BCUT2D eigenvalue weighted by Gasteiger charge is -2.28. The third-order valence-electron chi connectivity index (χ3n) is 5.26. The van der Waals surface area contributed by atoms with Gasteiger partial charge in [0.15, 0.2) is 0 Å². The van der Waals surface area contributed by atoms with Gasteiger partial charge in [-0.1, -0.05) is 0 Å². The zero-order chi connectivity index (χ0) is 22.5. The van der Waals surface area contributed by atoms with Crippen molar-refractivity contribution >= 4 is 34.6 Å². The van der Waals surface area contributed by atoms with Gasteiger partial charge in [-0.05, 0) is 62.6 Å². The van der Waals surface area contributed by atoms with Gasteiger partial charge in [0.25, 0.3) is 11.6 Å². The fourth-order valence-electron chi connectivity index (χ4n) is 3.62. The summed E-state index contributed by atoms with van der Waals surface area (Å²) in [6.07, 6.45) is 3.62. The van der Waals surface area contributed by atoms with Crippen LogP contribution in [0.1, 0.15) is 35.4 Å². The number of hydrogen-bond acceptors (Lipinski definition) is 7. The summed E-state index contributed by atoms with van der Waals surface area (Å²) in [4.78, 5) is 34.0. The Bertz CT molecular complexity index is 1110. The van der Waals surface area contributed by atoms with Gasteiger partial charge in [-0.3, -0.25) is 14.9 Å². The van der Waals surface area contributed by atoms with E-state index in [2.05, 4.69) is 25.5 Å². The molecule has 4 rings (SSSR count). The van der Waals surface area contributed by atoms with Crippen LogP contribution in [0.15, 0.2) is 54.6 Å². The first-order valence-electron chi connectivity index (χ1n) is 10.5. The smallest absolute Gasteiger partial charge is 0.269 e. The van der Waals surface area contributed by atoms with Crippen molar-refractivity contribution in [1.82, 2.24) is 9.97 Å². The lowest BCUT2D eigenvalue weighted by molar-refractivity contribution is -0.384. The second kappa shape index (κ2) is 9.42. The molecule has 0 aliphatic carbocycles. The van der Waals surface area contributed by atoms with Crippen LogP contribution in [0.5, 0.6) is 0 Å². The SMILES string of the molecule is Cc1nc(Nc2ccc(NC(=O)c3ccc([N+](=O)[O-])cc3)cc2)cc(N2CCCCC2)n1. The van der Waals surface area contributed by atoms with E-state index < -0.39 is 4.92 Å². The average molecular weight is 432 g/mol. The average Bonchev–Trinajstić information content (AvgIpc) is 2.80. The molecule has 2 aromatic carbocycles. The highest BCUT2D eigenvalue weighted by Gasteiger charge is 2.14. The van der Waals surface area contributed by atoms with E-state index in [1.165, 1.54) is 43.5 Å². The Morgan fingerprint density at radius 2 is 1.62 bits per heavy atom. The first kappa shape index (κ1) is 21.2. The zero-order valence-corrected chi connectivity index (χ0v) is 17.7. The largest absolute Gasteiger partial charge is 0.356 e. The highest BCUT2D eigenvalue weighted by atomic mass is 16.6. The molecule has 2 N–H and O–H groups in total. The van der Waals surface area contributed by atoms with Gasteiger partial charge in [-0.15, -0.1) is 0 Å². The van der Waals surface area contributed by atoms with Gasteiger partial charge >= 0.3 is 0 Å². The lowest BCUT2D eigenvalue weighted by Crippen LogP contribution is -2.30. The molecule has 3 aromatic rings. The minimum absolute atomic E-state index is 0.0552. The molecule has 1 amide bonds. The molecule has 9 heteroatoms. The maximum absolute atomic E-state index is 12.4. The molecule has 164 valence electrons. The van der Waals surface area contributed by atoms with E-state index in [4.69, 9.17) is 0 Å². The van der Waals surface area contributed by atoms with Gasteiger partial charge in [0.05, 0.1) is 4.92 Å². The van der Waals surface area contributed by atoms with E-state index in [-0.39, 0.29) is 11.6 Å². The number of rotatable bonds is 6. The molecule has 1 aliphatic heterocycles. The number of nitrogens with one attached hydrogen (secondary N) is 2. The topological polar surface area (TPSA) is 113 Å². The number of amides is 1. The number of aromatic nitrogens is 2. The van der Waals surface area contributed by atoms with E-state index in [0.717, 1.165) is 30.4 Å². The molecule has 0 atom stereocenters. The van der Waals surface area contributed by atoms with Crippen LogP contribution in [0.25, 0.3) is 0 Å². The number of benzene rings is 2. The molecule has 0 radical (unpaired) electrons. The minimum atomic E-state index is -0.498. The molecule has 1 aliphatic rings. The summed E-state index contributed by atoms with van der Waals surface area (Å²) < 4.78 is 0. The first-order valence-corrected chi connectivity index (χ1v) is 10.5. The van der Waals surface area contributed by atoms with Crippen LogP contribution in [-0.2, 0) is 0 Å². The summed E-state index contributed by atoms with van der Waals surface area (Å²) in [5.74, 6) is 2.04. The highest BCUT2D eigenvalue weighted by Crippen LogP contribution is 2.23. The fraction of sp³-hybridized carbons (Fsp3) is 0.261. The summed E-state index contributed by atoms with van der Waals surface area (Å²) in [5, 5.41) is 16.8. The Morgan fingerprint density at radius 3 is 2.28 bits per heavy atom. The summed E-state index contributed by atoms with van der Waals surface area (Å²) >= 11 is 0. The number of nitro benzene ring substituents is 1. The summed E-state index contributed by atoms with van der Waals surface area (Å²) in [6.45, 7) is 3.91. The Labute approximate surface area is 185 Å². The highest BCUT2D eigenvalue weighted by molar-refractivity contribution is 6.04. The molecule has 0 bridgehead atoms. The van der Waals surface area contributed by atoms with Crippen LogP contribution in [0.3, 0.4) is 0 Å². The molecule has 0 saturated carbocycles. The number of carbonyl (C=O) groups excluding carboxylic acids is 1. The summed E-state index contributed by atoms with van der Waals surface area (Å²) in [5.41, 5.74) is 1.74. The van der Waals surface area contributed by atoms with Gasteiger partial charge in [0, 0.05) is 48.2 Å². The van der Waals surface area contributed by atoms with E-state index >= 15 is 0 Å². The predicted molar refractivity (Wildman–Crippen MR) is 124 cm³/mol. The minimum Gasteiger partial charge on any atom is -0.356 e. The van der Waals surface area contributed by atoms with Crippen LogP contribution in [0.2, 0.25) is 0 Å². The number of nitrogens with zero attached hydrogens (tertiary/aromatic N) is 4. The molecular weight excluding hydrogens is 408 g/mol. The van der Waals surface area contributed by atoms with Gasteiger partial charge in [-0.25, -0.2) is 9.97 Å². The number of anilines is 4. The molecule has 2 heterocycles. The molecule has 0 spiro atoms. The molecule has 1 fully saturated rings. The van der Waals surface area contributed by atoms with E-state index in [0.29, 0.717) is 17.1 Å². The Morgan fingerprint density at radius 1 is 0.969 bits per heavy atom. The van der Waals surface area contributed by atoms with E-state index in [1.807, 2.05) is 25.1 Å². The van der Waals surface area contributed by atoms with Crippen LogP contribution in [0, 0.1) is 17.0 Å². The van der Waals surface area contributed by atoms with Gasteiger partial charge in [-0.2, -0.15) is 0 Å². The van der Waals surface area contributed by atoms with Crippen molar-refractivity contribution in [1.29, 1.82) is 0 Å². The summed E-state index contributed by atoms with van der Waals surface area (Å²) in [7, 11) is 0. The van der Waals surface area contributed by atoms with Crippen molar-refractivity contribution in [2.75, 3.05) is 28.6 Å². The van der Waals surface area contributed by atoms with E-state index in [9.17, 15) is 14.9 Å². The standard InChI is InChI=1S/C23H24N6O3/c1-16-24-21(15-22(25-16)28-13-3-2-4-14-28)26-18-7-9-19(10-8-18)27-23(30)17-5-11-20(12-6-17)29(31)32/h5-12,15H,2-4,13-14H2,1H3,(H,27,30)(H,24,25,26). The summed E-state index contributed by atoms with van der Waals surface area (Å²) in [6, 6.07) is 14.7. The third kappa shape index (κ3) is 5.18. The van der Waals surface area contributed by atoms with Crippen LogP contribution >= 0.6 is 0 Å². The van der Waals surface area contributed by atoms with Crippen LogP contribution < -0.4 is 15.5 Å². The quantitative estimate of drug-likeness (QED) is 0.429. The molecule has 1 saturated heterocycles. The Hall–Kier alpha value is -4.01. The van der Waals surface area contributed by atoms with Crippen LogP contribution in [0.4, 0.5) is 28.7 Å². The van der Waals surface area contributed by atoms with Gasteiger partial charge < -0.3 is 15.5 Å². The Balaban J connectivity index is 1.41. The number of carbonyl (C=O) groups is 1. The van der Waals surface area contributed by atoms with Crippen molar-refractivity contribution < 1.29 is 9.72 Å². The number of piperidine rings is 1. The number of hydrogen-bond donors (Lipinski definition) is 2. The maximum atomic E-state index is 12.4. The van der Waals surface area contributed by atoms with Crippen LogP contribution in [-0.4, -0.2) is 33.9 Å². The Kier molecular flexibility index (Phi) is 6.25. The second-order valence-corrected chi connectivity index (χ2v) is 7.67. The fourth-order valence-corrected chi connectivity index (χ4v) is 3.62. The number of non-ortho nitro benzene ring substituents is 1. The molecule has 9 nitrogen and oxygen atoms in total.